The molecule has 1 rings (SSSR count). The molecule has 0 radical (unpaired) electrons. The standard InChI is InChI=1S/C53H102N2O5/c1-5-9-13-19-31-49(32-20-14-10-6-2)35-29-47-59-52(57)37-23-17-25-41-54(45-39-51(56)40-46-55-43-27-28-44-55)42-26-18-24-38-53(58)60-48-30-36-50(33-21-15-11-7-3)34-22-16-12-8-4/h49-50H,5-48H2,1-4H3. The Morgan fingerprint density at radius 1 is 0.433 bits per heavy atom. The molecular formula is C53H102N2O5. The van der Waals surface area contributed by atoms with Crippen molar-refractivity contribution in [2.75, 3.05) is 52.5 Å². The molecule has 0 aromatic rings. The van der Waals surface area contributed by atoms with Gasteiger partial charge in [-0.2, -0.15) is 0 Å². The molecule has 1 saturated heterocycles. The molecule has 0 aliphatic carbocycles. The van der Waals surface area contributed by atoms with E-state index in [4.69, 9.17) is 9.47 Å². The Morgan fingerprint density at radius 3 is 1.22 bits per heavy atom. The fourth-order valence-electron chi connectivity index (χ4n) is 9.16. The lowest BCUT2D eigenvalue weighted by Gasteiger charge is -2.22. The lowest BCUT2D eigenvalue weighted by molar-refractivity contribution is -0.144. The van der Waals surface area contributed by atoms with Crippen LogP contribution in [0, 0.1) is 11.8 Å². The summed E-state index contributed by atoms with van der Waals surface area (Å²) in [6, 6.07) is 0. The number of carbonyl (C=O) groups excluding carboxylic acids is 3. The highest BCUT2D eigenvalue weighted by molar-refractivity contribution is 5.78. The maximum Gasteiger partial charge on any atom is 0.305 e. The molecule has 1 heterocycles. The summed E-state index contributed by atoms with van der Waals surface area (Å²) in [5.74, 6) is 1.85. The normalized spacial score (nSPS) is 13.3. The fourth-order valence-corrected chi connectivity index (χ4v) is 9.16. The highest BCUT2D eigenvalue weighted by atomic mass is 16.5. The zero-order valence-corrected chi connectivity index (χ0v) is 40.7. The summed E-state index contributed by atoms with van der Waals surface area (Å²) in [4.78, 5) is 42.8. The van der Waals surface area contributed by atoms with E-state index in [2.05, 4.69) is 37.5 Å². The molecule has 0 saturated carbocycles. The lowest BCUT2D eigenvalue weighted by Crippen LogP contribution is -2.29. The second-order valence-electron chi connectivity index (χ2n) is 18.9. The van der Waals surface area contributed by atoms with Gasteiger partial charge in [-0.25, -0.2) is 0 Å². The van der Waals surface area contributed by atoms with Gasteiger partial charge in [-0.05, 0) is 102 Å². The van der Waals surface area contributed by atoms with Gasteiger partial charge in [-0.3, -0.25) is 14.4 Å². The lowest BCUT2D eigenvalue weighted by atomic mass is 9.91. The van der Waals surface area contributed by atoms with Gasteiger partial charge >= 0.3 is 11.9 Å². The van der Waals surface area contributed by atoms with Crippen LogP contribution in [-0.2, 0) is 23.9 Å². The summed E-state index contributed by atoms with van der Waals surface area (Å²) < 4.78 is 11.4. The molecule has 1 aliphatic rings. The van der Waals surface area contributed by atoms with E-state index in [1.807, 2.05) is 0 Å². The molecule has 7 heteroatoms. The molecule has 0 atom stereocenters. The monoisotopic (exact) mass is 847 g/mol. The van der Waals surface area contributed by atoms with Crippen molar-refractivity contribution in [3.8, 4) is 0 Å². The third-order valence-electron chi connectivity index (χ3n) is 13.2. The molecule has 0 bridgehead atoms. The van der Waals surface area contributed by atoms with Crippen LogP contribution in [0.1, 0.15) is 259 Å². The second-order valence-corrected chi connectivity index (χ2v) is 18.9. The van der Waals surface area contributed by atoms with Crippen LogP contribution in [0.25, 0.3) is 0 Å². The topological polar surface area (TPSA) is 76.1 Å². The van der Waals surface area contributed by atoms with Gasteiger partial charge in [0, 0.05) is 38.8 Å². The minimum Gasteiger partial charge on any atom is -0.466 e. The molecule has 0 aromatic heterocycles. The van der Waals surface area contributed by atoms with E-state index in [-0.39, 0.29) is 11.9 Å². The largest absolute Gasteiger partial charge is 0.466 e. The highest BCUT2D eigenvalue weighted by Crippen LogP contribution is 2.24. The van der Waals surface area contributed by atoms with Crippen LogP contribution in [-0.4, -0.2) is 80.0 Å². The number of ether oxygens (including phenoxy) is 2. The van der Waals surface area contributed by atoms with E-state index in [9.17, 15) is 14.4 Å². The summed E-state index contributed by atoms with van der Waals surface area (Å²) in [5.41, 5.74) is 0. The Balaban J connectivity index is 2.37. The van der Waals surface area contributed by atoms with Crippen molar-refractivity contribution >= 4 is 17.7 Å². The highest BCUT2D eigenvalue weighted by Gasteiger charge is 2.15. The maximum absolute atomic E-state index is 12.8. The zero-order chi connectivity index (χ0) is 43.6. The molecule has 1 fully saturated rings. The maximum atomic E-state index is 12.8. The van der Waals surface area contributed by atoms with Gasteiger partial charge in [-0.15, -0.1) is 0 Å². The number of hydrogen-bond donors (Lipinski definition) is 0. The van der Waals surface area contributed by atoms with E-state index in [1.165, 1.54) is 154 Å². The molecule has 0 aromatic carbocycles. The molecule has 0 spiro atoms. The second kappa shape index (κ2) is 42.8. The summed E-state index contributed by atoms with van der Waals surface area (Å²) in [6.07, 6.45) is 41.5. The van der Waals surface area contributed by atoms with Gasteiger partial charge in [0.15, 0.2) is 0 Å². The Labute approximate surface area is 373 Å². The van der Waals surface area contributed by atoms with Gasteiger partial charge in [0.2, 0.25) is 0 Å². The van der Waals surface area contributed by atoms with Gasteiger partial charge in [0.1, 0.15) is 5.78 Å². The van der Waals surface area contributed by atoms with Crippen LogP contribution in [0.15, 0.2) is 0 Å². The third kappa shape index (κ3) is 36.1. The first-order valence-electron chi connectivity index (χ1n) is 26.7. The quantitative estimate of drug-likeness (QED) is 0.0446. The average molecular weight is 847 g/mol. The fraction of sp³-hybridized carbons (Fsp3) is 0.943. The summed E-state index contributed by atoms with van der Waals surface area (Å²) in [7, 11) is 0. The van der Waals surface area contributed by atoms with Crippen LogP contribution in [0.4, 0.5) is 0 Å². The van der Waals surface area contributed by atoms with Crippen LogP contribution in [0.3, 0.4) is 0 Å². The number of esters is 2. The van der Waals surface area contributed by atoms with E-state index < -0.39 is 0 Å². The number of Topliss-reactive ketones (excluding diaryl/α,β-unsaturated/α-hetero) is 1. The van der Waals surface area contributed by atoms with Crippen LogP contribution in [0.2, 0.25) is 0 Å². The first-order valence-corrected chi connectivity index (χ1v) is 26.7. The van der Waals surface area contributed by atoms with Gasteiger partial charge in [0.25, 0.3) is 0 Å². The minimum absolute atomic E-state index is 0.0452. The Bertz CT molecular complexity index is 887. The molecule has 60 heavy (non-hydrogen) atoms. The van der Waals surface area contributed by atoms with Gasteiger partial charge < -0.3 is 19.3 Å². The summed E-state index contributed by atoms with van der Waals surface area (Å²) in [5, 5.41) is 0. The van der Waals surface area contributed by atoms with E-state index >= 15 is 0 Å². The zero-order valence-electron chi connectivity index (χ0n) is 40.7. The average Bonchev–Trinajstić information content (AvgIpc) is 3.78. The van der Waals surface area contributed by atoms with Crippen LogP contribution < -0.4 is 0 Å². The molecule has 0 N–H and O–H groups in total. The minimum atomic E-state index is -0.0452. The van der Waals surface area contributed by atoms with Crippen molar-refractivity contribution < 1.29 is 23.9 Å². The van der Waals surface area contributed by atoms with Crippen molar-refractivity contribution in [2.24, 2.45) is 11.8 Å². The number of carbonyl (C=O) groups is 3. The van der Waals surface area contributed by atoms with Crippen LogP contribution >= 0.6 is 0 Å². The molecule has 1 aliphatic heterocycles. The Morgan fingerprint density at radius 2 is 0.817 bits per heavy atom. The number of hydrogen-bond acceptors (Lipinski definition) is 7. The first kappa shape index (κ1) is 56.5. The molecule has 0 amide bonds. The number of nitrogens with zero attached hydrogens (tertiary/aromatic N) is 2. The summed E-state index contributed by atoms with van der Waals surface area (Å²) >= 11 is 0. The Hall–Kier alpha value is -1.47. The SMILES string of the molecule is CCCCCCC(CCCCCC)CCCOC(=O)CCCCCN(CCCCCC(=O)OCCCC(CCCCCC)CCCCCC)CCC(=O)CCN1CCCC1. The number of unbranched alkanes of at least 4 members (excludes halogenated alkanes) is 16. The number of ketones is 1. The third-order valence-corrected chi connectivity index (χ3v) is 13.2. The molecule has 354 valence electrons. The number of rotatable bonds is 46. The first-order chi connectivity index (χ1) is 29.4. The molecular weight excluding hydrogens is 745 g/mol. The molecule has 0 unspecified atom stereocenters. The van der Waals surface area contributed by atoms with Gasteiger partial charge in [0.05, 0.1) is 13.2 Å². The van der Waals surface area contributed by atoms with E-state index in [1.54, 1.807) is 0 Å². The van der Waals surface area contributed by atoms with Gasteiger partial charge in [-0.1, -0.05) is 169 Å². The van der Waals surface area contributed by atoms with Crippen molar-refractivity contribution in [3.05, 3.63) is 0 Å². The number of likely N-dealkylation sites (tertiary alicyclic amines) is 1. The predicted molar refractivity (Wildman–Crippen MR) is 256 cm³/mol. The van der Waals surface area contributed by atoms with Crippen molar-refractivity contribution in [1.82, 2.24) is 9.80 Å². The predicted octanol–water partition coefficient (Wildman–Crippen LogP) is 14.6. The molecule has 7 nitrogen and oxygen atoms in total. The van der Waals surface area contributed by atoms with E-state index in [0.29, 0.717) is 44.7 Å². The Kier molecular flexibility index (Phi) is 40.3. The van der Waals surface area contributed by atoms with Crippen molar-refractivity contribution in [2.45, 2.75) is 259 Å². The van der Waals surface area contributed by atoms with Crippen LogP contribution in [0.5, 0.6) is 0 Å². The van der Waals surface area contributed by atoms with Crippen molar-refractivity contribution in [3.63, 3.8) is 0 Å². The summed E-state index contributed by atoms with van der Waals surface area (Å²) in [6.45, 7) is 16.1. The van der Waals surface area contributed by atoms with Crippen molar-refractivity contribution in [1.29, 1.82) is 0 Å². The van der Waals surface area contributed by atoms with E-state index in [0.717, 1.165) is 102 Å². The smallest absolute Gasteiger partial charge is 0.305 e.